The number of hydrogen-bond donors (Lipinski definition) is 2. The summed E-state index contributed by atoms with van der Waals surface area (Å²) in [5.41, 5.74) is 15.3. The molecule has 1 aliphatic carbocycles. The molecular formula is C16H15N3S. The van der Waals surface area contributed by atoms with Crippen molar-refractivity contribution in [3.63, 3.8) is 0 Å². The number of hydrazone groups is 1. The number of rotatable bonds is 2. The minimum atomic E-state index is 0.179. The summed E-state index contributed by atoms with van der Waals surface area (Å²) < 4.78 is 0. The lowest BCUT2D eigenvalue weighted by Crippen LogP contribution is -2.25. The zero-order chi connectivity index (χ0) is 14.1. The van der Waals surface area contributed by atoms with Crippen LogP contribution in [0.5, 0.6) is 0 Å². The molecule has 0 aromatic heterocycles. The Morgan fingerprint density at radius 2 is 1.90 bits per heavy atom. The highest BCUT2D eigenvalue weighted by Crippen LogP contribution is 2.36. The zero-order valence-electron chi connectivity index (χ0n) is 11.2. The number of thiocarbonyl (C=S) groups is 1. The molecule has 3 N–H and O–H groups in total. The Balaban J connectivity index is 1.95. The average molecular weight is 281 g/mol. The molecule has 0 bridgehead atoms. The molecule has 0 fully saturated rings. The third kappa shape index (κ3) is 2.30. The molecule has 0 atom stereocenters. The maximum atomic E-state index is 5.38. The molecule has 0 amide bonds. The monoisotopic (exact) mass is 281 g/mol. The SMILES string of the molecule is C/C(=N\NC(N)=S)c1ccc2c(c1)Cc1ccccc1-2. The average Bonchev–Trinajstić information content (AvgIpc) is 2.82. The molecule has 4 heteroatoms. The van der Waals surface area contributed by atoms with Gasteiger partial charge >= 0.3 is 0 Å². The smallest absolute Gasteiger partial charge is 0.184 e. The van der Waals surface area contributed by atoms with Gasteiger partial charge in [-0.05, 0) is 59.4 Å². The van der Waals surface area contributed by atoms with Gasteiger partial charge in [0.15, 0.2) is 5.11 Å². The van der Waals surface area contributed by atoms with Crippen LogP contribution in [0.3, 0.4) is 0 Å². The van der Waals surface area contributed by atoms with Gasteiger partial charge in [0.1, 0.15) is 0 Å². The van der Waals surface area contributed by atoms with Gasteiger partial charge < -0.3 is 5.73 Å². The van der Waals surface area contributed by atoms with Crippen LogP contribution in [0.2, 0.25) is 0 Å². The molecule has 2 aromatic carbocycles. The molecule has 3 nitrogen and oxygen atoms in total. The molecule has 0 heterocycles. The fraction of sp³-hybridized carbons (Fsp3) is 0.125. The van der Waals surface area contributed by atoms with Crippen molar-refractivity contribution < 1.29 is 0 Å². The van der Waals surface area contributed by atoms with E-state index in [1.807, 2.05) is 6.92 Å². The molecule has 0 saturated carbocycles. The van der Waals surface area contributed by atoms with E-state index in [4.69, 9.17) is 18.0 Å². The van der Waals surface area contributed by atoms with Gasteiger partial charge in [-0.2, -0.15) is 5.10 Å². The Morgan fingerprint density at radius 3 is 2.70 bits per heavy atom. The minimum Gasteiger partial charge on any atom is -0.375 e. The summed E-state index contributed by atoms with van der Waals surface area (Å²) >= 11 is 4.75. The minimum absolute atomic E-state index is 0.179. The van der Waals surface area contributed by atoms with Crippen LogP contribution in [0.4, 0.5) is 0 Å². The summed E-state index contributed by atoms with van der Waals surface area (Å²) in [6.07, 6.45) is 0.982. The fourth-order valence-corrected chi connectivity index (χ4v) is 2.62. The molecule has 100 valence electrons. The molecule has 20 heavy (non-hydrogen) atoms. The summed E-state index contributed by atoms with van der Waals surface area (Å²) in [5, 5.41) is 4.35. The molecular weight excluding hydrogens is 266 g/mol. The van der Waals surface area contributed by atoms with E-state index in [-0.39, 0.29) is 5.11 Å². The zero-order valence-corrected chi connectivity index (χ0v) is 12.0. The largest absolute Gasteiger partial charge is 0.375 e. The highest BCUT2D eigenvalue weighted by Gasteiger charge is 2.18. The number of nitrogens with zero attached hydrogens (tertiary/aromatic N) is 1. The maximum absolute atomic E-state index is 5.38. The summed E-state index contributed by atoms with van der Waals surface area (Å²) in [5.74, 6) is 0. The van der Waals surface area contributed by atoms with Gasteiger partial charge in [0.05, 0.1) is 5.71 Å². The third-order valence-electron chi connectivity index (χ3n) is 3.55. The van der Waals surface area contributed by atoms with Crippen molar-refractivity contribution in [2.24, 2.45) is 10.8 Å². The van der Waals surface area contributed by atoms with Gasteiger partial charge in [-0.25, -0.2) is 0 Å². The van der Waals surface area contributed by atoms with Crippen molar-refractivity contribution in [1.82, 2.24) is 5.43 Å². The van der Waals surface area contributed by atoms with Crippen molar-refractivity contribution in [2.75, 3.05) is 0 Å². The lowest BCUT2D eigenvalue weighted by atomic mass is 10.0. The van der Waals surface area contributed by atoms with Gasteiger partial charge in [0.25, 0.3) is 0 Å². The summed E-state index contributed by atoms with van der Waals surface area (Å²) in [4.78, 5) is 0. The maximum Gasteiger partial charge on any atom is 0.184 e. The predicted molar refractivity (Wildman–Crippen MR) is 86.8 cm³/mol. The lowest BCUT2D eigenvalue weighted by Gasteiger charge is -2.05. The van der Waals surface area contributed by atoms with Gasteiger partial charge in [0.2, 0.25) is 0 Å². The van der Waals surface area contributed by atoms with E-state index < -0.39 is 0 Å². The first-order chi connectivity index (χ1) is 9.65. The van der Waals surface area contributed by atoms with Crippen LogP contribution in [-0.4, -0.2) is 10.8 Å². The predicted octanol–water partition coefficient (Wildman–Crippen LogP) is 2.82. The van der Waals surface area contributed by atoms with E-state index in [1.54, 1.807) is 0 Å². The van der Waals surface area contributed by atoms with E-state index in [1.165, 1.54) is 22.3 Å². The Hall–Kier alpha value is -2.20. The Bertz CT molecular complexity index is 719. The molecule has 0 radical (unpaired) electrons. The lowest BCUT2D eigenvalue weighted by molar-refractivity contribution is 1.03. The Morgan fingerprint density at radius 1 is 1.15 bits per heavy atom. The number of nitrogens with two attached hydrogens (primary N) is 1. The second kappa shape index (κ2) is 5.06. The number of hydrogen-bond acceptors (Lipinski definition) is 2. The molecule has 0 aliphatic heterocycles. The summed E-state index contributed by atoms with van der Waals surface area (Å²) in [6, 6.07) is 15.0. The highest BCUT2D eigenvalue weighted by molar-refractivity contribution is 7.80. The van der Waals surface area contributed by atoms with E-state index in [9.17, 15) is 0 Å². The van der Waals surface area contributed by atoms with E-state index in [0.29, 0.717) is 0 Å². The number of fused-ring (bicyclic) bond motifs is 3. The van der Waals surface area contributed by atoms with Crippen LogP contribution in [0.25, 0.3) is 11.1 Å². The van der Waals surface area contributed by atoms with E-state index >= 15 is 0 Å². The van der Waals surface area contributed by atoms with Crippen LogP contribution in [-0.2, 0) is 6.42 Å². The van der Waals surface area contributed by atoms with Crippen LogP contribution in [0, 0.1) is 0 Å². The quantitative estimate of drug-likeness (QED) is 0.431. The molecule has 0 spiro atoms. The topological polar surface area (TPSA) is 50.4 Å². The standard InChI is InChI=1S/C16H15N3S/c1-10(18-19-16(17)20)11-6-7-15-13(8-11)9-12-4-2-3-5-14(12)15/h2-8H,9H2,1H3,(H3,17,19,20)/b18-10+. The van der Waals surface area contributed by atoms with Crippen LogP contribution >= 0.6 is 12.2 Å². The first-order valence-electron chi connectivity index (χ1n) is 6.46. The first-order valence-corrected chi connectivity index (χ1v) is 6.87. The fourth-order valence-electron chi connectivity index (χ4n) is 2.57. The number of benzene rings is 2. The molecule has 3 rings (SSSR count). The van der Waals surface area contributed by atoms with E-state index in [2.05, 4.69) is 53.0 Å². The van der Waals surface area contributed by atoms with Crippen molar-refractivity contribution >= 4 is 23.0 Å². The highest BCUT2D eigenvalue weighted by atomic mass is 32.1. The van der Waals surface area contributed by atoms with Crippen molar-refractivity contribution in [2.45, 2.75) is 13.3 Å². The molecule has 1 aliphatic rings. The van der Waals surface area contributed by atoms with Gasteiger partial charge in [-0.15, -0.1) is 0 Å². The third-order valence-corrected chi connectivity index (χ3v) is 3.64. The van der Waals surface area contributed by atoms with E-state index in [0.717, 1.165) is 17.7 Å². The Kier molecular flexibility index (Phi) is 3.24. The van der Waals surface area contributed by atoms with Crippen molar-refractivity contribution in [3.8, 4) is 11.1 Å². The first kappa shape index (κ1) is 12.8. The summed E-state index contributed by atoms with van der Waals surface area (Å²) in [6.45, 7) is 1.94. The van der Waals surface area contributed by atoms with Gasteiger partial charge in [0, 0.05) is 0 Å². The van der Waals surface area contributed by atoms with Crippen molar-refractivity contribution in [3.05, 3.63) is 59.2 Å². The van der Waals surface area contributed by atoms with Crippen molar-refractivity contribution in [1.29, 1.82) is 0 Å². The molecule has 0 saturated heterocycles. The number of nitrogens with one attached hydrogen (secondary N) is 1. The second-order valence-corrected chi connectivity index (χ2v) is 5.32. The Labute approximate surface area is 123 Å². The normalized spacial score (nSPS) is 12.8. The summed E-state index contributed by atoms with van der Waals surface area (Å²) in [7, 11) is 0. The van der Waals surface area contributed by atoms with Crippen LogP contribution in [0.15, 0.2) is 47.6 Å². The molecule has 0 unspecified atom stereocenters. The second-order valence-electron chi connectivity index (χ2n) is 4.88. The van der Waals surface area contributed by atoms with Crippen LogP contribution in [0.1, 0.15) is 23.6 Å². The van der Waals surface area contributed by atoms with Gasteiger partial charge in [-0.1, -0.05) is 36.4 Å². The van der Waals surface area contributed by atoms with Crippen LogP contribution < -0.4 is 11.2 Å². The molecule has 2 aromatic rings. The van der Waals surface area contributed by atoms with Gasteiger partial charge in [-0.3, -0.25) is 5.43 Å².